The van der Waals surface area contributed by atoms with Crippen molar-refractivity contribution in [3.05, 3.63) is 52.7 Å². The second-order valence-corrected chi connectivity index (χ2v) is 11.5. The SMILES string of the molecule is N#CC1(NC=O)CC1.O=C(N1CCC(S(=O)c2ccc(C(F)(F)F)cn2)C1)C1(c2ncc(Cl)cc2F)CC1. The zero-order chi connectivity index (χ0) is 27.7. The Balaban J connectivity index is 0.000000360. The summed E-state index contributed by atoms with van der Waals surface area (Å²) in [6, 6.07) is 5.07. The van der Waals surface area contributed by atoms with Gasteiger partial charge >= 0.3 is 6.18 Å². The fourth-order valence-electron chi connectivity index (χ4n) is 4.20. The van der Waals surface area contributed by atoms with Gasteiger partial charge in [-0.25, -0.2) is 9.37 Å². The molecule has 5 rings (SSSR count). The standard InChI is InChI=1S/C19H16ClF4N3O2S.C5H6N2O/c20-12-7-14(21)16(26-9-12)18(4-5-18)17(28)27-6-3-13(10-27)30(29)15-2-1-11(8-25-15)19(22,23)24;6-3-5(1-2-5)7-4-8/h1-2,7-9,13H,3-6,10H2;4H,1-2H2,(H,7,8). The molecular weight excluding hydrogens is 550 g/mol. The smallest absolute Gasteiger partial charge is 0.341 e. The number of amides is 2. The quantitative estimate of drug-likeness (QED) is 0.419. The molecule has 38 heavy (non-hydrogen) atoms. The van der Waals surface area contributed by atoms with Gasteiger partial charge in [0.1, 0.15) is 16.4 Å². The van der Waals surface area contributed by atoms with Gasteiger partial charge in [0.25, 0.3) is 0 Å². The predicted octanol–water partition coefficient (Wildman–Crippen LogP) is 3.52. The maximum Gasteiger partial charge on any atom is 0.417 e. The van der Waals surface area contributed by atoms with Crippen LogP contribution < -0.4 is 5.32 Å². The lowest BCUT2D eigenvalue weighted by atomic mass is 9.99. The van der Waals surface area contributed by atoms with Crippen LogP contribution in [0.3, 0.4) is 0 Å². The Labute approximate surface area is 222 Å². The Morgan fingerprint density at radius 2 is 1.95 bits per heavy atom. The highest BCUT2D eigenvalue weighted by Crippen LogP contribution is 2.50. The van der Waals surface area contributed by atoms with Crippen molar-refractivity contribution >= 4 is 34.7 Å². The summed E-state index contributed by atoms with van der Waals surface area (Å²) in [7, 11) is -1.67. The number of alkyl halides is 3. The Kier molecular flexibility index (Phi) is 7.76. The summed E-state index contributed by atoms with van der Waals surface area (Å²) in [5, 5.41) is 10.5. The molecule has 3 aliphatic rings. The van der Waals surface area contributed by atoms with Gasteiger partial charge in [0.15, 0.2) is 0 Å². The Morgan fingerprint density at radius 3 is 2.42 bits per heavy atom. The first-order chi connectivity index (χ1) is 17.9. The third-order valence-electron chi connectivity index (χ3n) is 6.72. The molecule has 3 heterocycles. The molecule has 1 saturated heterocycles. The van der Waals surface area contributed by atoms with Crippen LogP contribution in [0.15, 0.2) is 35.6 Å². The number of nitriles is 1. The number of halogens is 5. The lowest BCUT2D eigenvalue weighted by molar-refractivity contribution is -0.138. The zero-order valence-corrected chi connectivity index (χ0v) is 21.4. The Hall–Kier alpha value is -3.11. The first kappa shape index (κ1) is 27.9. The molecule has 1 N–H and O–H groups in total. The van der Waals surface area contributed by atoms with Gasteiger partial charge in [0.05, 0.1) is 43.8 Å². The van der Waals surface area contributed by atoms with Gasteiger partial charge in [-0.3, -0.25) is 18.8 Å². The molecule has 2 aliphatic carbocycles. The van der Waals surface area contributed by atoms with Crippen LogP contribution in [0, 0.1) is 17.1 Å². The second-order valence-electron chi connectivity index (χ2n) is 9.36. The van der Waals surface area contributed by atoms with Crippen molar-refractivity contribution in [2.24, 2.45) is 0 Å². The molecule has 2 amide bonds. The van der Waals surface area contributed by atoms with Crippen molar-refractivity contribution < 1.29 is 31.4 Å². The van der Waals surface area contributed by atoms with Crippen molar-refractivity contribution in [2.75, 3.05) is 13.1 Å². The number of likely N-dealkylation sites (tertiary alicyclic amines) is 1. The van der Waals surface area contributed by atoms with E-state index in [1.54, 1.807) is 0 Å². The van der Waals surface area contributed by atoms with Crippen LogP contribution >= 0.6 is 11.6 Å². The molecule has 14 heteroatoms. The normalized spacial score (nSPS) is 21.4. The number of nitrogens with one attached hydrogen (secondary N) is 1. The number of nitrogens with zero attached hydrogens (tertiary/aromatic N) is 4. The molecule has 8 nitrogen and oxygen atoms in total. The molecule has 0 spiro atoms. The third kappa shape index (κ3) is 5.81. The number of carbonyl (C=O) groups excluding carboxylic acids is 2. The van der Waals surface area contributed by atoms with Crippen LogP contribution in [0.5, 0.6) is 0 Å². The lowest BCUT2D eigenvalue weighted by Gasteiger charge is -2.23. The molecule has 1 aliphatic heterocycles. The zero-order valence-electron chi connectivity index (χ0n) is 19.8. The minimum absolute atomic E-state index is 0.0360. The van der Waals surface area contributed by atoms with Crippen molar-refractivity contribution in [1.82, 2.24) is 20.2 Å². The maximum absolute atomic E-state index is 14.3. The Morgan fingerprint density at radius 1 is 1.24 bits per heavy atom. The molecular formula is C24H22ClF4N5O3S. The summed E-state index contributed by atoms with van der Waals surface area (Å²) in [5.41, 5.74) is -2.36. The summed E-state index contributed by atoms with van der Waals surface area (Å²) in [6.45, 7) is 0.484. The van der Waals surface area contributed by atoms with Crippen molar-refractivity contribution in [3.8, 4) is 6.07 Å². The van der Waals surface area contributed by atoms with Crippen LogP contribution in [0.25, 0.3) is 0 Å². The fourth-order valence-corrected chi connectivity index (χ4v) is 5.68. The largest absolute Gasteiger partial charge is 0.417 e. The van der Waals surface area contributed by atoms with E-state index in [9.17, 15) is 31.4 Å². The van der Waals surface area contributed by atoms with Crippen LogP contribution in [0.4, 0.5) is 17.6 Å². The van der Waals surface area contributed by atoms with E-state index in [0.29, 0.717) is 38.4 Å². The van der Waals surface area contributed by atoms with E-state index >= 15 is 0 Å². The molecule has 2 aromatic heterocycles. The first-order valence-corrected chi connectivity index (χ1v) is 13.2. The molecule has 2 saturated carbocycles. The van der Waals surface area contributed by atoms with Gasteiger partial charge in [0, 0.05) is 25.5 Å². The van der Waals surface area contributed by atoms with E-state index in [-0.39, 0.29) is 28.2 Å². The molecule has 2 aromatic rings. The summed E-state index contributed by atoms with van der Waals surface area (Å²) in [6.07, 6.45) is 0.955. The molecule has 3 fully saturated rings. The molecule has 2 atom stereocenters. The van der Waals surface area contributed by atoms with Gasteiger partial charge in [0.2, 0.25) is 12.3 Å². The predicted molar refractivity (Wildman–Crippen MR) is 128 cm³/mol. The molecule has 2 unspecified atom stereocenters. The van der Waals surface area contributed by atoms with Gasteiger partial charge in [-0.15, -0.1) is 0 Å². The highest BCUT2D eigenvalue weighted by Gasteiger charge is 2.56. The highest BCUT2D eigenvalue weighted by molar-refractivity contribution is 7.85. The molecule has 0 radical (unpaired) electrons. The van der Waals surface area contributed by atoms with Crippen molar-refractivity contribution in [3.63, 3.8) is 0 Å². The van der Waals surface area contributed by atoms with Crippen molar-refractivity contribution in [1.29, 1.82) is 5.26 Å². The van der Waals surface area contributed by atoms with Gasteiger partial charge in [-0.2, -0.15) is 18.4 Å². The minimum Gasteiger partial charge on any atom is -0.341 e. The molecule has 0 bridgehead atoms. The number of carbonyl (C=O) groups is 2. The fraction of sp³-hybridized carbons (Fsp3) is 0.458. The summed E-state index contributed by atoms with van der Waals surface area (Å²) < 4.78 is 65.1. The molecule has 202 valence electrons. The lowest BCUT2D eigenvalue weighted by Crippen LogP contribution is -2.39. The van der Waals surface area contributed by atoms with Crippen molar-refractivity contribution in [2.45, 2.75) is 59.5 Å². The van der Waals surface area contributed by atoms with Crippen LogP contribution in [0.2, 0.25) is 5.02 Å². The number of aromatic nitrogens is 2. The van der Waals surface area contributed by atoms with Crippen LogP contribution in [0.1, 0.15) is 43.4 Å². The Bertz CT molecular complexity index is 1290. The summed E-state index contributed by atoms with van der Waals surface area (Å²) >= 11 is 5.74. The first-order valence-electron chi connectivity index (χ1n) is 11.6. The minimum atomic E-state index is -4.52. The van der Waals surface area contributed by atoms with Gasteiger partial charge in [-0.05, 0) is 50.3 Å². The van der Waals surface area contributed by atoms with E-state index in [1.165, 1.54) is 11.1 Å². The van der Waals surface area contributed by atoms with Gasteiger partial charge < -0.3 is 10.2 Å². The van der Waals surface area contributed by atoms with E-state index in [4.69, 9.17) is 16.9 Å². The van der Waals surface area contributed by atoms with Crippen LogP contribution in [-0.4, -0.2) is 55.3 Å². The number of hydrogen-bond acceptors (Lipinski definition) is 6. The van der Waals surface area contributed by atoms with Gasteiger partial charge in [-0.1, -0.05) is 11.6 Å². The monoisotopic (exact) mass is 571 g/mol. The summed E-state index contributed by atoms with van der Waals surface area (Å²) in [4.78, 5) is 32.1. The maximum atomic E-state index is 14.3. The van der Waals surface area contributed by atoms with Crippen LogP contribution in [-0.2, 0) is 32.0 Å². The van der Waals surface area contributed by atoms with E-state index in [2.05, 4.69) is 15.3 Å². The topological polar surface area (TPSA) is 116 Å². The number of rotatable bonds is 6. The number of hydrogen-bond donors (Lipinski definition) is 1. The van der Waals surface area contributed by atoms with E-state index in [1.807, 2.05) is 6.07 Å². The van der Waals surface area contributed by atoms with E-state index in [0.717, 1.165) is 31.0 Å². The summed E-state index contributed by atoms with van der Waals surface area (Å²) in [5.74, 6) is -0.919. The average Bonchev–Trinajstić information content (AvgIpc) is 3.80. The second kappa shape index (κ2) is 10.6. The average molecular weight is 572 g/mol. The number of pyridine rings is 2. The highest BCUT2D eigenvalue weighted by atomic mass is 35.5. The third-order valence-corrected chi connectivity index (χ3v) is 8.58. The van der Waals surface area contributed by atoms with E-state index < -0.39 is 44.6 Å². The molecule has 0 aromatic carbocycles.